The van der Waals surface area contributed by atoms with Crippen molar-refractivity contribution in [2.24, 2.45) is 0 Å². The molecule has 174 valence electrons. The number of hydrogen-bond donors (Lipinski definition) is 0. The van der Waals surface area contributed by atoms with Crippen molar-refractivity contribution in [1.82, 2.24) is 4.57 Å². The van der Waals surface area contributed by atoms with Crippen LogP contribution in [-0.2, 0) is 0 Å². The first-order chi connectivity index (χ1) is 17.0. The Hall–Kier alpha value is -4.10. The number of aromatic nitrogens is 1. The van der Waals surface area contributed by atoms with Gasteiger partial charge in [0.1, 0.15) is 0 Å². The van der Waals surface area contributed by atoms with Crippen molar-refractivity contribution in [2.75, 3.05) is 0 Å². The molecule has 0 aliphatic heterocycles. The fourth-order valence-corrected chi connectivity index (χ4v) is 4.17. The summed E-state index contributed by atoms with van der Waals surface area (Å²) in [6.07, 6.45) is 0. The van der Waals surface area contributed by atoms with Crippen molar-refractivity contribution in [3.05, 3.63) is 150 Å². The van der Waals surface area contributed by atoms with Gasteiger partial charge in [0, 0.05) is 16.5 Å². The summed E-state index contributed by atoms with van der Waals surface area (Å²) in [7, 11) is 0. The molecular formula is C34H33N. The van der Waals surface area contributed by atoms with Gasteiger partial charge in [-0.15, -0.1) is 0 Å². The fourth-order valence-electron chi connectivity index (χ4n) is 4.17. The van der Waals surface area contributed by atoms with Gasteiger partial charge >= 0.3 is 0 Å². The number of hydrogen-bond acceptors (Lipinski definition) is 0. The molecule has 0 spiro atoms. The van der Waals surface area contributed by atoms with Crippen LogP contribution in [0.1, 0.15) is 22.3 Å². The van der Waals surface area contributed by atoms with Crippen LogP contribution in [0.15, 0.2) is 127 Å². The lowest BCUT2D eigenvalue weighted by molar-refractivity contribution is 1.18. The Balaban J connectivity index is 0.000000168. The van der Waals surface area contributed by atoms with Gasteiger partial charge in [-0.05, 0) is 64.1 Å². The van der Waals surface area contributed by atoms with Crippen molar-refractivity contribution in [3.8, 4) is 5.69 Å². The Labute approximate surface area is 209 Å². The third kappa shape index (κ3) is 6.07. The van der Waals surface area contributed by atoms with Gasteiger partial charge in [-0.2, -0.15) is 0 Å². The SMILES string of the molecule is Cc1ccc2c(c1)c1cc(C)ccc1n2-c1ccccc1.Cc1ccccc1.Cc1ccccc1. The van der Waals surface area contributed by atoms with Gasteiger partial charge < -0.3 is 4.57 Å². The molecule has 6 aromatic rings. The van der Waals surface area contributed by atoms with Crippen LogP contribution < -0.4 is 0 Å². The van der Waals surface area contributed by atoms with Gasteiger partial charge in [0.05, 0.1) is 11.0 Å². The maximum atomic E-state index is 2.35. The van der Waals surface area contributed by atoms with Gasteiger partial charge in [-0.1, -0.05) is 113 Å². The lowest BCUT2D eigenvalue weighted by Gasteiger charge is -2.07. The van der Waals surface area contributed by atoms with E-state index in [1.165, 1.54) is 49.7 Å². The second-order valence-corrected chi connectivity index (χ2v) is 9.02. The van der Waals surface area contributed by atoms with Crippen LogP contribution in [0.2, 0.25) is 0 Å². The summed E-state index contributed by atoms with van der Waals surface area (Å²) in [4.78, 5) is 0. The van der Waals surface area contributed by atoms with Crippen molar-refractivity contribution in [2.45, 2.75) is 27.7 Å². The molecule has 1 heteroatoms. The Kier molecular flexibility index (Phi) is 7.80. The summed E-state index contributed by atoms with van der Waals surface area (Å²) >= 11 is 0. The lowest BCUT2D eigenvalue weighted by Crippen LogP contribution is -1.92. The predicted octanol–water partition coefficient (Wildman–Crippen LogP) is 9.39. The quantitative estimate of drug-likeness (QED) is 0.233. The van der Waals surface area contributed by atoms with Gasteiger partial charge in [0.25, 0.3) is 0 Å². The van der Waals surface area contributed by atoms with E-state index in [0.717, 1.165) is 0 Å². The van der Waals surface area contributed by atoms with E-state index in [2.05, 4.69) is 123 Å². The molecule has 0 fully saturated rings. The number of rotatable bonds is 1. The highest BCUT2D eigenvalue weighted by molar-refractivity contribution is 6.09. The molecule has 0 unspecified atom stereocenters. The summed E-state index contributed by atoms with van der Waals surface area (Å²) in [6.45, 7) is 8.47. The van der Waals surface area contributed by atoms with E-state index in [9.17, 15) is 0 Å². The molecule has 0 bridgehead atoms. The third-order valence-electron chi connectivity index (χ3n) is 5.97. The van der Waals surface area contributed by atoms with Crippen LogP contribution in [-0.4, -0.2) is 4.57 Å². The Bertz CT molecular complexity index is 1400. The molecule has 0 atom stereocenters. The minimum absolute atomic E-state index is 1.21. The normalized spacial score (nSPS) is 10.3. The summed E-state index contributed by atoms with van der Waals surface area (Å²) < 4.78 is 2.35. The zero-order chi connectivity index (χ0) is 24.6. The van der Waals surface area contributed by atoms with E-state index in [1.807, 2.05) is 36.4 Å². The molecule has 5 aromatic carbocycles. The summed E-state index contributed by atoms with van der Waals surface area (Å²) in [5.41, 5.74) is 9.00. The van der Waals surface area contributed by atoms with Crippen LogP contribution >= 0.6 is 0 Å². The Morgan fingerprint density at radius 1 is 0.371 bits per heavy atom. The lowest BCUT2D eigenvalue weighted by atomic mass is 10.1. The van der Waals surface area contributed by atoms with Crippen LogP contribution in [0.25, 0.3) is 27.5 Å². The Morgan fingerprint density at radius 3 is 1.09 bits per heavy atom. The van der Waals surface area contributed by atoms with E-state index in [0.29, 0.717) is 0 Å². The molecule has 0 saturated heterocycles. The molecule has 0 N–H and O–H groups in total. The summed E-state index contributed by atoms with van der Waals surface area (Å²) in [5.74, 6) is 0. The highest BCUT2D eigenvalue weighted by atomic mass is 15.0. The number of benzene rings is 5. The van der Waals surface area contributed by atoms with Gasteiger partial charge in [-0.3, -0.25) is 0 Å². The zero-order valence-corrected chi connectivity index (χ0v) is 21.1. The smallest absolute Gasteiger partial charge is 0.0541 e. The minimum Gasteiger partial charge on any atom is -0.309 e. The van der Waals surface area contributed by atoms with E-state index < -0.39 is 0 Å². The second kappa shape index (κ2) is 11.4. The number of aryl methyl sites for hydroxylation is 4. The maximum Gasteiger partial charge on any atom is 0.0541 e. The maximum absolute atomic E-state index is 2.35. The predicted molar refractivity (Wildman–Crippen MR) is 153 cm³/mol. The topological polar surface area (TPSA) is 4.93 Å². The summed E-state index contributed by atoms with van der Waals surface area (Å²) in [6, 6.07) is 44.5. The molecule has 1 heterocycles. The largest absolute Gasteiger partial charge is 0.309 e. The standard InChI is InChI=1S/C20H17N.2C7H8/c1-14-8-10-19-17(12-14)18-13-15(2)9-11-20(18)21(19)16-6-4-3-5-7-16;2*1-7-5-3-2-4-6-7/h3-13H,1-2H3;2*2-6H,1H3. The second-order valence-electron chi connectivity index (χ2n) is 9.02. The van der Waals surface area contributed by atoms with Crippen molar-refractivity contribution < 1.29 is 0 Å². The Morgan fingerprint density at radius 2 is 0.743 bits per heavy atom. The van der Waals surface area contributed by atoms with E-state index in [4.69, 9.17) is 0 Å². The molecule has 0 saturated carbocycles. The zero-order valence-electron chi connectivity index (χ0n) is 21.1. The fraction of sp³-hybridized carbons (Fsp3) is 0.118. The highest BCUT2D eigenvalue weighted by Crippen LogP contribution is 2.33. The van der Waals surface area contributed by atoms with Gasteiger partial charge in [0.15, 0.2) is 0 Å². The van der Waals surface area contributed by atoms with E-state index in [1.54, 1.807) is 0 Å². The molecule has 1 aromatic heterocycles. The number of nitrogens with zero attached hydrogens (tertiary/aromatic N) is 1. The molecule has 0 amide bonds. The monoisotopic (exact) mass is 455 g/mol. The average Bonchev–Trinajstić information content (AvgIpc) is 3.19. The molecule has 0 aliphatic rings. The van der Waals surface area contributed by atoms with Crippen LogP contribution in [0.4, 0.5) is 0 Å². The molecule has 0 aliphatic carbocycles. The highest BCUT2D eigenvalue weighted by Gasteiger charge is 2.11. The van der Waals surface area contributed by atoms with Crippen LogP contribution in [0, 0.1) is 27.7 Å². The van der Waals surface area contributed by atoms with Crippen molar-refractivity contribution in [3.63, 3.8) is 0 Å². The van der Waals surface area contributed by atoms with Crippen molar-refractivity contribution >= 4 is 21.8 Å². The van der Waals surface area contributed by atoms with Crippen LogP contribution in [0.5, 0.6) is 0 Å². The van der Waals surface area contributed by atoms with E-state index >= 15 is 0 Å². The molecule has 1 nitrogen and oxygen atoms in total. The molecule has 35 heavy (non-hydrogen) atoms. The van der Waals surface area contributed by atoms with Crippen LogP contribution in [0.3, 0.4) is 0 Å². The van der Waals surface area contributed by atoms with Gasteiger partial charge in [-0.25, -0.2) is 0 Å². The third-order valence-corrected chi connectivity index (χ3v) is 5.97. The number of fused-ring (bicyclic) bond motifs is 3. The first kappa shape index (κ1) is 24.0. The average molecular weight is 456 g/mol. The minimum atomic E-state index is 1.21. The van der Waals surface area contributed by atoms with Gasteiger partial charge in [0.2, 0.25) is 0 Å². The van der Waals surface area contributed by atoms with Crippen molar-refractivity contribution in [1.29, 1.82) is 0 Å². The molecule has 6 rings (SSSR count). The first-order valence-corrected chi connectivity index (χ1v) is 12.1. The van der Waals surface area contributed by atoms with E-state index in [-0.39, 0.29) is 0 Å². The first-order valence-electron chi connectivity index (χ1n) is 12.1. The molecular weight excluding hydrogens is 422 g/mol. The summed E-state index contributed by atoms with van der Waals surface area (Å²) in [5, 5.41) is 2.66. The molecule has 0 radical (unpaired) electrons. The number of para-hydroxylation sites is 1.